The van der Waals surface area contributed by atoms with Crippen LogP contribution in [0.15, 0.2) is 35.4 Å². The summed E-state index contributed by atoms with van der Waals surface area (Å²) in [5.41, 5.74) is 0.561. The third kappa shape index (κ3) is 6.13. The van der Waals surface area contributed by atoms with Crippen LogP contribution in [0, 0.1) is 5.41 Å². The van der Waals surface area contributed by atoms with Crippen molar-refractivity contribution in [2.45, 2.75) is 27.2 Å². The molecule has 0 aromatic heterocycles. The SMILES string of the molecule is COc1ccc(CCNC(=O)CN2C(=O)CS/C2=C\C(=O)C(C)(C)C)cc1. The van der Waals surface area contributed by atoms with Crippen LogP contribution < -0.4 is 10.1 Å². The summed E-state index contributed by atoms with van der Waals surface area (Å²) in [6, 6.07) is 7.65. The molecule has 0 radical (unpaired) electrons. The minimum absolute atomic E-state index is 0.0652. The minimum Gasteiger partial charge on any atom is -0.497 e. The number of rotatable bonds is 7. The second-order valence-corrected chi connectivity index (χ2v) is 8.31. The van der Waals surface area contributed by atoms with Gasteiger partial charge in [0.2, 0.25) is 11.8 Å². The van der Waals surface area contributed by atoms with E-state index < -0.39 is 5.41 Å². The Morgan fingerprint density at radius 3 is 2.52 bits per heavy atom. The lowest BCUT2D eigenvalue weighted by Crippen LogP contribution is -2.38. The number of hydrogen-bond acceptors (Lipinski definition) is 5. The van der Waals surface area contributed by atoms with E-state index >= 15 is 0 Å². The zero-order valence-corrected chi connectivity index (χ0v) is 17.0. The first-order valence-electron chi connectivity index (χ1n) is 8.79. The van der Waals surface area contributed by atoms with Gasteiger partial charge in [0.1, 0.15) is 12.3 Å². The highest BCUT2D eigenvalue weighted by molar-refractivity contribution is 8.04. The maximum atomic E-state index is 12.2. The van der Waals surface area contributed by atoms with Gasteiger partial charge in [0, 0.05) is 18.0 Å². The molecule has 146 valence electrons. The highest BCUT2D eigenvalue weighted by atomic mass is 32.2. The molecule has 1 aromatic rings. The van der Waals surface area contributed by atoms with E-state index in [1.165, 1.54) is 22.7 Å². The van der Waals surface area contributed by atoms with Gasteiger partial charge >= 0.3 is 0 Å². The molecule has 2 amide bonds. The van der Waals surface area contributed by atoms with E-state index in [0.717, 1.165) is 11.3 Å². The molecule has 6 nitrogen and oxygen atoms in total. The zero-order valence-electron chi connectivity index (χ0n) is 16.2. The van der Waals surface area contributed by atoms with Gasteiger partial charge in [-0.25, -0.2) is 0 Å². The zero-order chi connectivity index (χ0) is 20.0. The molecule has 27 heavy (non-hydrogen) atoms. The van der Waals surface area contributed by atoms with Crippen LogP contribution in [-0.4, -0.2) is 48.4 Å². The number of ketones is 1. The molecule has 0 aliphatic carbocycles. The number of methoxy groups -OCH3 is 1. The van der Waals surface area contributed by atoms with Gasteiger partial charge in [0.15, 0.2) is 5.78 Å². The smallest absolute Gasteiger partial charge is 0.240 e. The predicted molar refractivity (Wildman–Crippen MR) is 106 cm³/mol. The van der Waals surface area contributed by atoms with Crippen LogP contribution in [0.25, 0.3) is 0 Å². The maximum Gasteiger partial charge on any atom is 0.240 e. The molecule has 7 heteroatoms. The highest BCUT2D eigenvalue weighted by Crippen LogP contribution is 2.30. The second kappa shape index (κ2) is 9.08. The third-order valence-electron chi connectivity index (χ3n) is 4.10. The Kier molecular flexibility index (Phi) is 7.07. The van der Waals surface area contributed by atoms with E-state index in [2.05, 4.69) is 5.32 Å². The van der Waals surface area contributed by atoms with Gasteiger partial charge in [0.25, 0.3) is 0 Å². The molecule has 0 spiro atoms. The molecule has 1 aromatic carbocycles. The van der Waals surface area contributed by atoms with Crippen molar-refractivity contribution in [2.75, 3.05) is 26.0 Å². The largest absolute Gasteiger partial charge is 0.497 e. The van der Waals surface area contributed by atoms with Crippen LogP contribution in [0.3, 0.4) is 0 Å². The monoisotopic (exact) mass is 390 g/mol. The summed E-state index contributed by atoms with van der Waals surface area (Å²) in [6.45, 7) is 5.87. The molecule has 0 atom stereocenters. The van der Waals surface area contributed by atoms with Crippen molar-refractivity contribution in [3.8, 4) is 5.75 Å². The fourth-order valence-corrected chi connectivity index (χ4v) is 3.31. The van der Waals surface area contributed by atoms with Crippen LogP contribution in [0.1, 0.15) is 26.3 Å². The molecule has 0 bridgehead atoms. The van der Waals surface area contributed by atoms with Crippen LogP contribution in [0.2, 0.25) is 0 Å². The first-order chi connectivity index (χ1) is 12.7. The molecular formula is C20H26N2O4S. The Labute approximate surface area is 164 Å². The minimum atomic E-state index is -0.522. The fourth-order valence-electron chi connectivity index (χ4n) is 2.37. The van der Waals surface area contributed by atoms with Gasteiger partial charge in [-0.05, 0) is 24.1 Å². The van der Waals surface area contributed by atoms with Crippen LogP contribution in [0.4, 0.5) is 0 Å². The lowest BCUT2D eigenvalue weighted by molar-refractivity contribution is -0.131. The quantitative estimate of drug-likeness (QED) is 0.724. The standard InChI is InChI=1S/C20H26N2O4S/c1-20(2,3)16(23)11-19-22(18(25)13-27-19)12-17(24)21-10-9-14-5-7-15(26-4)8-6-14/h5-8,11H,9-10,12-13H2,1-4H3,(H,21,24)/b19-11-. The number of thioether (sulfide) groups is 1. The lowest BCUT2D eigenvalue weighted by Gasteiger charge is -2.19. The topological polar surface area (TPSA) is 75.7 Å². The van der Waals surface area contributed by atoms with E-state index in [1.807, 2.05) is 45.0 Å². The first kappa shape index (κ1) is 21.0. The lowest BCUT2D eigenvalue weighted by atomic mass is 9.91. The Morgan fingerprint density at radius 1 is 1.26 bits per heavy atom. The molecule has 0 unspecified atom stereocenters. The molecule has 1 aliphatic heterocycles. The number of amides is 2. The average molecular weight is 391 g/mol. The normalized spacial score (nSPS) is 15.9. The Balaban J connectivity index is 1.88. The molecule has 1 aliphatic rings. The number of allylic oxidation sites excluding steroid dienone is 1. The number of carbonyl (C=O) groups excluding carboxylic acids is 3. The summed E-state index contributed by atoms with van der Waals surface area (Å²) < 4.78 is 5.12. The predicted octanol–water partition coefficient (Wildman–Crippen LogP) is 2.39. The molecule has 1 saturated heterocycles. The van der Waals surface area contributed by atoms with Crippen molar-refractivity contribution in [1.82, 2.24) is 10.2 Å². The Bertz CT molecular complexity index is 735. The Morgan fingerprint density at radius 2 is 1.93 bits per heavy atom. The van der Waals surface area contributed by atoms with Crippen molar-refractivity contribution in [3.63, 3.8) is 0 Å². The van der Waals surface area contributed by atoms with Crippen molar-refractivity contribution >= 4 is 29.4 Å². The first-order valence-corrected chi connectivity index (χ1v) is 9.78. The van der Waals surface area contributed by atoms with E-state index in [4.69, 9.17) is 4.74 Å². The number of carbonyl (C=O) groups is 3. The summed E-state index contributed by atoms with van der Waals surface area (Å²) in [5.74, 6) is 0.579. The summed E-state index contributed by atoms with van der Waals surface area (Å²) >= 11 is 1.29. The Hall–Kier alpha value is -2.28. The molecular weight excluding hydrogens is 364 g/mol. The second-order valence-electron chi connectivity index (χ2n) is 7.31. The highest BCUT2D eigenvalue weighted by Gasteiger charge is 2.30. The van der Waals surface area contributed by atoms with Gasteiger partial charge in [0.05, 0.1) is 17.9 Å². The average Bonchev–Trinajstić information content (AvgIpc) is 2.95. The number of hydrogen-bond donors (Lipinski definition) is 1. The van der Waals surface area contributed by atoms with E-state index in [-0.39, 0.29) is 29.9 Å². The van der Waals surface area contributed by atoms with E-state index in [1.54, 1.807) is 7.11 Å². The van der Waals surface area contributed by atoms with Gasteiger partial charge in [-0.1, -0.05) is 44.7 Å². The maximum absolute atomic E-state index is 12.2. The van der Waals surface area contributed by atoms with Crippen molar-refractivity contribution in [2.24, 2.45) is 5.41 Å². The van der Waals surface area contributed by atoms with Crippen molar-refractivity contribution in [1.29, 1.82) is 0 Å². The molecule has 1 heterocycles. The fraction of sp³-hybridized carbons (Fsp3) is 0.450. The third-order valence-corrected chi connectivity index (χ3v) is 5.13. The summed E-state index contributed by atoms with van der Waals surface area (Å²) in [6.07, 6.45) is 2.16. The molecule has 1 fully saturated rings. The van der Waals surface area contributed by atoms with Crippen LogP contribution >= 0.6 is 11.8 Å². The number of ether oxygens (including phenoxy) is 1. The molecule has 2 rings (SSSR count). The van der Waals surface area contributed by atoms with E-state index in [0.29, 0.717) is 18.0 Å². The summed E-state index contributed by atoms with van der Waals surface area (Å²) in [5, 5.41) is 3.37. The van der Waals surface area contributed by atoms with Gasteiger partial charge in [-0.15, -0.1) is 0 Å². The summed E-state index contributed by atoms with van der Waals surface area (Å²) in [7, 11) is 1.62. The number of nitrogens with one attached hydrogen (secondary N) is 1. The van der Waals surface area contributed by atoms with Gasteiger partial charge in [-0.3, -0.25) is 19.3 Å². The van der Waals surface area contributed by atoms with Crippen LogP contribution in [0.5, 0.6) is 5.75 Å². The number of benzene rings is 1. The summed E-state index contributed by atoms with van der Waals surface area (Å²) in [4.78, 5) is 37.9. The molecule has 0 saturated carbocycles. The van der Waals surface area contributed by atoms with Crippen molar-refractivity contribution in [3.05, 3.63) is 40.9 Å². The van der Waals surface area contributed by atoms with Crippen molar-refractivity contribution < 1.29 is 19.1 Å². The van der Waals surface area contributed by atoms with Crippen LogP contribution in [-0.2, 0) is 20.8 Å². The number of nitrogens with zero attached hydrogens (tertiary/aromatic N) is 1. The van der Waals surface area contributed by atoms with E-state index in [9.17, 15) is 14.4 Å². The van der Waals surface area contributed by atoms with Gasteiger partial charge < -0.3 is 10.1 Å². The molecule has 1 N–H and O–H groups in total. The van der Waals surface area contributed by atoms with Gasteiger partial charge in [-0.2, -0.15) is 0 Å².